The second-order valence-corrected chi connectivity index (χ2v) is 5.60. The highest BCUT2D eigenvalue weighted by Gasteiger charge is 2.23. The number of rotatable bonds is 8. The molecule has 6 nitrogen and oxygen atoms in total. The molecule has 1 amide bonds. The average Bonchev–Trinajstić information content (AvgIpc) is 3.03. The molecule has 0 saturated carbocycles. The second kappa shape index (κ2) is 12.1. The molecule has 1 aromatic carbocycles. The van der Waals surface area contributed by atoms with Crippen molar-refractivity contribution in [3.05, 3.63) is 29.8 Å². The standard InChI is InChI=1S/C18H28N4O2.HI/c1-3-19-18(20-11-7-13-24-4-2)21-14-17(23)22-12-10-15-8-5-6-9-16(15)22;/h5-6,8-9H,3-4,7,10-14H2,1-2H3,(H2,19,20,21);1H. The van der Waals surface area contributed by atoms with Crippen LogP contribution in [-0.4, -0.2) is 51.3 Å². The lowest BCUT2D eigenvalue weighted by atomic mass is 10.2. The third-order valence-corrected chi connectivity index (χ3v) is 3.87. The van der Waals surface area contributed by atoms with E-state index in [0.717, 1.165) is 51.4 Å². The predicted octanol–water partition coefficient (Wildman–Crippen LogP) is 2.18. The average molecular weight is 460 g/mol. The van der Waals surface area contributed by atoms with Crippen molar-refractivity contribution in [3.8, 4) is 0 Å². The van der Waals surface area contributed by atoms with Gasteiger partial charge in [0.05, 0.1) is 0 Å². The summed E-state index contributed by atoms with van der Waals surface area (Å²) in [6.45, 7) is 7.88. The number of amides is 1. The molecule has 0 unspecified atom stereocenters. The number of carbonyl (C=O) groups is 1. The van der Waals surface area contributed by atoms with Crippen molar-refractivity contribution in [1.29, 1.82) is 0 Å². The number of ether oxygens (including phenoxy) is 1. The first kappa shape index (κ1) is 21.7. The van der Waals surface area contributed by atoms with E-state index < -0.39 is 0 Å². The number of carbonyl (C=O) groups excluding carboxylic acids is 1. The summed E-state index contributed by atoms with van der Waals surface area (Å²) in [5, 5.41) is 6.40. The number of hydrogen-bond acceptors (Lipinski definition) is 3. The highest BCUT2D eigenvalue weighted by Crippen LogP contribution is 2.27. The lowest BCUT2D eigenvalue weighted by Crippen LogP contribution is -2.39. The minimum Gasteiger partial charge on any atom is -0.382 e. The van der Waals surface area contributed by atoms with Crippen molar-refractivity contribution >= 4 is 41.5 Å². The van der Waals surface area contributed by atoms with Gasteiger partial charge in [0.1, 0.15) is 6.54 Å². The Hall–Kier alpha value is -1.35. The number of anilines is 1. The highest BCUT2D eigenvalue weighted by atomic mass is 127. The molecule has 0 spiro atoms. The molecular weight excluding hydrogens is 431 g/mol. The quantitative estimate of drug-likeness (QED) is 0.270. The monoisotopic (exact) mass is 460 g/mol. The Morgan fingerprint density at radius 1 is 1.28 bits per heavy atom. The molecule has 0 fully saturated rings. The van der Waals surface area contributed by atoms with Gasteiger partial charge in [-0.25, -0.2) is 4.99 Å². The number of para-hydroxylation sites is 1. The number of hydrogen-bond donors (Lipinski definition) is 2. The van der Waals surface area contributed by atoms with Crippen LogP contribution in [0.5, 0.6) is 0 Å². The largest absolute Gasteiger partial charge is 0.382 e. The lowest BCUT2D eigenvalue weighted by Gasteiger charge is -2.17. The van der Waals surface area contributed by atoms with Crippen molar-refractivity contribution in [2.75, 3.05) is 44.3 Å². The fourth-order valence-corrected chi connectivity index (χ4v) is 2.70. The molecule has 25 heavy (non-hydrogen) atoms. The van der Waals surface area contributed by atoms with Crippen LogP contribution in [0.3, 0.4) is 0 Å². The Balaban J connectivity index is 0.00000312. The summed E-state index contributed by atoms with van der Waals surface area (Å²) >= 11 is 0. The van der Waals surface area contributed by atoms with Gasteiger partial charge < -0.3 is 20.3 Å². The predicted molar refractivity (Wildman–Crippen MR) is 113 cm³/mol. The number of nitrogens with zero attached hydrogens (tertiary/aromatic N) is 2. The first-order chi connectivity index (χ1) is 11.8. The Bertz CT molecular complexity index is 566. The van der Waals surface area contributed by atoms with Crippen molar-refractivity contribution in [2.45, 2.75) is 26.7 Å². The van der Waals surface area contributed by atoms with E-state index in [1.54, 1.807) is 0 Å². The van der Waals surface area contributed by atoms with Crippen LogP contribution in [0.1, 0.15) is 25.8 Å². The molecule has 0 saturated heterocycles. The van der Waals surface area contributed by atoms with E-state index >= 15 is 0 Å². The summed E-state index contributed by atoms with van der Waals surface area (Å²) in [4.78, 5) is 18.7. The van der Waals surface area contributed by atoms with E-state index in [2.05, 4.69) is 21.7 Å². The van der Waals surface area contributed by atoms with Gasteiger partial charge in [-0.1, -0.05) is 18.2 Å². The zero-order valence-electron chi connectivity index (χ0n) is 15.1. The number of nitrogens with one attached hydrogen (secondary N) is 2. The van der Waals surface area contributed by atoms with Crippen LogP contribution in [0.25, 0.3) is 0 Å². The number of halogens is 1. The number of aliphatic imine (C=N–C) groups is 1. The van der Waals surface area contributed by atoms with E-state index in [1.807, 2.05) is 36.9 Å². The lowest BCUT2D eigenvalue weighted by molar-refractivity contribution is -0.117. The van der Waals surface area contributed by atoms with Crippen LogP contribution < -0.4 is 15.5 Å². The summed E-state index contributed by atoms with van der Waals surface area (Å²) in [5.41, 5.74) is 2.25. The summed E-state index contributed by atoms with van der Waals surface area (Å²) in [7, 11) is 0. The summed E-state index contributed by atoms with van der Waals surface area (Å²) in [6.07, 6.45) is 1.83. The second-order valence-electron chi connectivity index (χ2n) is 5.60. The summed E-state index contributed by atoms with van der Waals surface area (Å²) in [6, 6.07) is 8.06. The first-order valence-electron chi connectivity index (χ1n) is 8.74. The molecule has 0 bridgehead atoms. The maximum Gasteiger partial charge on any atom is 0.248 e. The maximum absolute atomic E-state index is 12.5. The van der Waals surface area contributed by atoms with Gasteiger partial charge in [-0.15, -0.1) is 24.0 Å². The minimum absolute atomic E-state index is 0. The Morgan fingerprint density at radius 2 is 2.08 bits per heavy atom. The van der Waals surface area contributed by atoms with Gasteiger partial charge in [0.25, 0.3) is 0 Å². The molecule has 0 atom stereocenters. The zero-order chi connectivity index (χ0) is 17.2. The Morgan fingerprint density at radius 3 is 2.84 bits per heavy atom. The van der Waals surface area contributed by atoms with Crippen LogP contribution in [0.4, 0.5) is 5.69 Å². The van der Waals surface area contributed by atoms with E-state index in [0.29, 0.717) is 5.96 Å². The summed E-state index contributed by atoms with van der Waals surface area (Å²) in [5.74, 6) is 0.710. The minimum atomic E-state index is 0. The van der Waals surface area contributed by atoms with Crippen molar-refractivity contribution in [1.82, 2.24) is 10.6 Å². The van der Waals surface area contributed by atoms with Gasteiger partial charge in [0, 0.05) is 38.5 Å². The highest BCUT2D eigenvalue weighted by molar-refractivity contribution is 14.0. The van der Waals surface area contributed by atoms with Crippen molar-refractivity contribution < 1.29 is 9.53 Å². The van der Waals surface area contributed by atoms with E-state index in [1.165, 1.54) is 5.56 Å². The molecule has 1 aromatic rings. The maximum atomic E-state index is 12.5. The molecule has 0 aromatic heterocycles. The SMILES string of the molecule is CCNC(=NCC(=O)N1CCc2ccccc21)NCCCOCC.I. The van der Waals surface area contributed by atoms with Crippen LogP contribution in [0, 0.1) is 0 Å². The molecule has 1 aliphatic rings. The van der Waals surface area contributed by atoms with E-state index in [4.69, 9.17) is 4.74 Å². The molecular formula is C18H29IN4O2. The molecule has 0 radical (unpaired) electrons. The fourth-order valence-electron chi connectivity index (χ4n) is 2.70. The zero-order valence-corrected chi connectivity index (χ0v) is 17.4. The van der Waals surface area contributed by atoms with Gasteiger partial charge in [-0.2, -0.15) is 0 Å². The van der Waals surface area contributed by atoms with Gasteiger partial charge in [-0.05, 0) is 38.3 Å². The van der Waals surface area contributed by atoms with E-state index in [9.17, 15) is 4.79 Å². The molecule has 2 rings (SSSR count). The fraction of sp³-hybridized carbons (Fsp3) is 0.556. The third-order valence-electron chi connectivity index (χ3n) is 3.87. The van der Waals surface area contributed by atoms with Crippen molar-refractivity contribution in [2.24, 2.45) is 4.99 Å². The molecule has 1 aliphatic heterocycles. The Kier molecular flexibility index (Phi) is 10.5. The van der Waals surface area contributed by atoms with E-state index in [-0.39, 0.29) is 36.4 Å². The van der Waals surface area contributed by atoms with Gasteiger partial charge in [0.15, 0.2) is 5.96 Å². The van der Waals surface area contributed by atoms with Crippen LogP contribution in [0.15, 0.2) is 29.3 Å². The van der Waals surface area contributed by atoms with Crippen LogP contribution in [-0.2, 0) is 16.0 Å². The number of fused-ring (bicyclic) bond motifs is 1. The third kappa shape index (κ3) is 6.81. The molecule has 7 heteroatoms. The molecule has 140 valence electrons. The first-order valence-corrected chi connectivity index (χ1v) is 8.74. The molecule has 2 N–H and O–H groups in total. The smallest absolute Gasteiger partial charge is 0.248 e. The Labute approximate surface area is 167 Å². The topological polar surface area (TPSA) is 66.0 Å². The van der Waals surface area contributed by atoms with Crippen LogP contribution >= 0.6 is 24.0 Å². The van der Waals surface area contributed by atoms with Crippen LogP contribution in [0.2, 0.25) is 0 Å². The van der Waals surface area contributed by atoms with Gasteiger partial charge >= 0.3 is 0 Å². The molecule has 0 aliphatic carbocycles. The number of guanidine groups is 1. The number of benzene rings is 1. The molecule has 1 heterocycles. The normalized spacial score (nSPS) is 13.2. The summed E-state index contributed by atoms with van der Waals surface area (Å²) < 4.78 is 5.31. The van der Waals surface area contributed by atoms with Gasteiger partial charge in [0.2, 0.25) is 5.91 Å². The van der Waals surface area contributed by atoms with Crippen molar-refractivity contribution in [3.63, 3.8) is 0 Å². The van der Waals surface area contributed by atoms with Gasteiger partial charge in [-0.3, -0.25) is 4.79 Å².